The first-order valence-electron chi connectivity index (χ1n) is 11.9. The lowest BCUT2D eigenvalue weighted by Gasteiger charge is -2.17. The molecule has 0 fully saturated rings. The average Bonchev–Trinajstić information content (AvgIpc) is 3.63. The van der Waals surface area contributed by atoms with Crippen molar-refractivity contribution in [2.24, 2.45) is 7.05 Å². The van der Waals surface area contributed by atoms with Gasteiger partial charge in [0.05, 0.1) is 29.1 Å². The lowest BCUT2D eigenvalue weighted by atomic mass is 10.0. The van der Waals surface area contributed by atoms with Crippen LogP contribution in [0.5, 0.6) is 0 Å². The van der Waals surface area contributed by atoms with Crippen LogP contribution in [-0.2, 0) is 7.05 Å². The minimum absolute atomic E-state index is 0.0558. The Morgan fingerprint density at radius 1 is 1.10 bits per heavy atom. The Bertz CT molecular complexity index is 1990. The highest BCUT2D eigenvalue weighted by molar-refractivity contribution is 7.15. The summed E-state index contributed by atoms with van der Waals surface area (Å²) in [7, 11) is 1.81. The van der Waals surface area contributed by atoms with Gasteiger partial charge in [-0.1, -0.05) is 36.3 Å². The van der Waals surface area contributed by atoms with Gasteiger partial charge in [0.25, 0.3) is 11.5 Å². The molecule has 0 unspecified atom stereocenters. The van der Waals surface area contributed by atoms with E-state index >= 15 is 0 Å². The average molecular weight is 536 g/mol. The van der Waals surface area contributed by atoms with Gasteiger partial charge >= 0.3 is 0 Å². The van der Waals surface area contributed by atoms with Crippen LogP contribution in [0, 0.1) is 11.8 Å². The van der Waals surface area contributed by atoms with E-state index in [1.54, 1.807) is 47.7 Å². The third-order valence-corrected chi connectivity index (χ3v) is 6.92. The lowest BCUT2D eigenvalue weighted by molar-refractivity contribution is 0.0933. The smallest absolute Gasteiger partial charge is 0.274 e. The molecule has 1 amide bonds. The number of rotatable bonds is 4. The van der Waals surface area contributed by atoms with Crippen molar-refractivity contribution in [3.63, 3.8) is 0 Å². The fourth-order valence-electron chi connectivity index (χ4n) is 4.32. The molecule has 39 heavy (non-hydrogen) atoms. The van der Waals surface area contributed by atoms with Crippen LogP contribution < -0.4 is 16.6 Å². The molecule has 0 saturated carbocycles. The molecule has 6 rings (SSSR count). The Hall–Kier alpha value is -5.28. The van der Waals surface area contributed by atoms with E-state index in [1.165, 1.54) is 20.3 Å². The molecule has 0 radical (unpaired) electrons. The number of aryl methyl sites for hydroxylation is 1. The van der Waals surface area contributed by atoms with E-state index in [0.29, 0.717) is 33.1 Å². The number of hydrogen-bond donors (Lipinski definition) is 2. The van der Waals surface area contributed by atoms with Gasteiger partial charge in [-0.3, -0.25) is 14.3 Å². The van der Waals surface area contributed by atoms with Crippen molar-refractivity contribution >= 4 is 33.7 Å². The fraction of sp³-hybridized carbons (Fsp3) is 0.111. The van der Waals surface area contributed by atoms with Crippen LogP contribution >= 0.6 is 11.3 Å². The summed E-state index contributed by atoms with van der Waals surface area (Å²) >= 11 is 1.30. The number of benzene rings is 1. The standard InChI is InChI=1S/C27H21N9O2S/c1-16(31-25(37)23-24(28)32-20-9-6-12-29-36(20)23)22-21(18-7-4-3-5-8-18)26(38)35-19(15-39-27(35)33-22)11-10-17-13-30-34(2)14-17/h3-9,12-16H,28H2,1-2H3,(H,31,37)/t16-/m0/s1. The minimum atomic E-state index is -0.647. The summed E-state index contributed by atoms with van der Waals surface area (Å²) in [5.41, 5.74) is 9.04. The van der Waals surface area contributed by atoms with Gasteiger partial charge in [-0.25, -0.2) is 18.9 Å². The molecular weight excluding hydrogens is 514 g/mol. The highest BCUT2D eigenvalue weighted by Crippen LogP contribution is 2.27. The summed E-state index contributed by atoms with van der Waals surface area (Å²) in [4.78, 5) is 36.8. The quantitative estimate of drug-likeness (QED) is 0.331. The number of thiazole rings is 1. The van der Waals surface area contributed by atoms with Crippen molar-refractivity contribution in [2.75, 3.05) is 5.73 Å². The number of nitrogens with zero attached hydrogens (tertiary/aromatic N) is 7. The number of fused-ring (bicyclic) bond motifs is 2. The zero-order valence-corrected chi connectivity index (χ0v) is 21.7. The molecule has 3 N–H and O–H groups in total. The maximum Gasteiger partial charge on any atom is 0.274 e. The van der Waals surface area contributed by atoms with Gasteiger partial charge in [0.2, 0.25) is 0 Å². The summed E-state index contributed by atoms with van der Waals surface area (Å²) in [5.74, 6) is 5.69. The van der Waals surface area contributed by atoms with E-state index in [0.717, 1.165) is 5.56 Å². The zero-order chi connectivity index (χ0) is 27.1. The Kier molecular flexibility index (Phi) is 5.90. The third kappa shape index (κ3) is 4.30. The number of anilines is 1. The first kappa shape index (κ1) is 24.1. The van der Waals surface area contributed by atoms with Crippen molar-refractivity contribution in [2.45, 2.75) is 13.0 Å². The van der Waals surface area contributed by atoms with E-state index in [2.05, 4.69) is 32.3 Å². The molecule has 0 aliphatic carbocycles. The van der Waals surface area contributed by atoms with Crippen LogP contribution in [0.3, 0.4) is 0 Å². The van der Waals surface area contributed by atoms with Crippen LogP contribution in [0.25, 0.3) is 21.7 Å². The number of amides is 1. The maximum atomic E-state index is 14.0. The zero-order valence-electron chi connectivity index (χ0n) is 20.9. The maximum absolute atomic E-state index is 14.0. The van der Waals surface area contributed by atoms with Gasteiger partial charge in [-0.2, -0.15) is 10.2 Å². The molecule has 5 heterocycles. The van der Waals surface area contributed by atoms with Crippen LogP contribution in [0.1, 0.15) is 40.4 Å². The van der Waals surface area contributed by atoms with Gasteiger partial charge in [0, 0.05) is 24.8 Å². The Morgan fingerprint density at radius 2 is 1.92 bits per heavy atom. The number of nitrogens with two attached hydrogens (primary N) is 1. The van der Waals surface area contributed by atoms with Gasteiger partial charge in [0.1, 0.15) is 5.69 Å². The molecule has 192 valence electrons. The summed E-state index contributed by atoms with van der Waals surface area (Å²) in [6.45, 7) is 1.77. The van der Waals surface area contributed by atoms with Gasteiger partial charge in [0.15, 0.2) is 22.1 Å². The van der Waals surface area contributed by atoms with Crippen molar-refractivity contribution in [1.82, 2.24) is 39.1 Å². The summed E-state index contributed by atoms with van der Waals surface area (Å²) in [5, 5.41) is 13.0. The van der Waals surface area contributed by atoms with Crippen molar-refractivity contribution in [3.05, 3.63) is 99.4 Å². The van der Waals surface area contributed by atoms with Crippen LogP contribution in [0.4, 0.5) is 5.82 Å². The largest absolute Gasteiger partial charge is 0.382 e. The molecule has 1 atom stereocenters. The van der Waals surface area contributed by atoms with Gasteiger partial charge in [-0.05, 0) is 30.5 Å². The van der Waals surface area contributed by atoms with E-state index in [-0.39, 0.29) is 17.1 Å². The molecule has 0 aliphatic heterocycles. The molecule has 11 nitrogen and oxygen atoms in total. The number of hydrogen-bond acceptors (Lipinski definition) is 8. The Labute approximate surface area is 225 Å². The summed E-state index contributed by atoms with van der Waals surface area (Å²) < 4.78 is 4.55. The second-order valence-corrected chi connectivity index (χ2v) is 9.61. The molecule has 0 saturated heterocycles. The third-order valence-electron chi connectivity index (χ3n) is 6.09. The molecule has 0 spiro atoms. The second-order valence-electron chi connectivity index (χ2n) is 8.77. The van der Waals surface area contributed by atoms with Crippen LogP contribution in [0.2, 0.25) is 0 Å². The van der Waals surface area contributed by atoms with Gasteiger partial charge < -0.3 is 11.1 Å². The van der Waals surface area contributed by atoms with Crippen LogP contribution in [-0.4, -0.2) is 39.7 Å². The highest BCUT2D eigenvalue weighted by Gasteiger charge is 2.25. The summed E-state index contributed by atoms with van der Waals surface area (Å²) in [6, 6.07) is 12.0. The van der Waals surface area contributed by atoms with E-state index in [9.17, 15) is 9.59 Å². The number of aromatic nitrogens is 7. The van der Waals surface area contributed by atoms with E-state index in [4.69, 9.17) is 10.7 Å². The van der Waals surface area contributed by atoms with Gasteiger partial charge in [-0.15, -0.1) is 11.3 Å². The van der Waals surface area contributed by atoms with E-state index in [1.807, 2.05) is 37.4 Å². The lowest BCUT2D eigenvalue weighted by Crippen LogP contribution is -2.31. The first-order valence-corrected chi connectivity index (χ1v) is 12.8. The molecule has 0 aliphatic rings. The molecule has 5 aromatic heterocycles. The summed E-state index contributed by atoms with van der Waals surface area (Å²) in [6.07, 6.45) is 5.00. The molecule has 1 aromatic carbocycles. The molecular formula is C27H21N9O2S. The predicted octanol–water partition coefficient (Wildman–Crippen LogP) is 2.67. The topological polar surface area (TPSA) is 138 Å². The highest BCUT2D eigenvalue weighted by atomic mass is 32.1. The first-order chi connectivity index (χ1) is 18.9. The molecule has 12 heteroatoms. The Morgan fingerprint density at radius 3 is 2.69 bits per heavy atom. The number of nitrogens with one attached hydrogen (secondary N) is 1. The number of nitrogen functional groups attached to an aromatic ring is 1. The van der Waals surface area contributed by atoms with Crippen molar-refractivity contribution in [3.8, 4) is 23.0 Å². The van der Waals surface area contributed by atoms with E-state index < -0.39 is 11.9 Å². The van der Waals surface area contributed by atoms with Crippen molar-refractivity contribution in [1.29, 1.82) is 0 Å². The SMILES string of the molecule is C[C@H](NC(=O)c1c(N)nc2cccnn12)c1nc2scc(C#Cc3cnn(C)c3)n2c(=O)c1-c1ccccc1. The molecule has 0 bridgehead atoms. The number of carbonyl (C=O) groups is 1. The molecule has 6 aromatic rings. The fourth-order valence-corrected chi connectivity index (χ4v) is 5.14. The Balaban J connectivity index is 1.45. The number of carbonyl (C=O) groups excluding carboxylic acids is 1. The predicted molar refractivity (Wildman–Crippen MR) is 147 cm³/mol. The second kappa shape index (κ2) is 9.55. The monoisotopic (exact) mass is 535 g/mol. The number of imidazole rings is 1. The normalized spacial score (nSPS) is 11.8. The van der Waals surface area contributed by atoms with Crippen molar-refractivity contribution < 1.29 is 4.79 Å². The minimum Gasteiger partial charge on any atom is -0.382 e. The van der Waals surface area contributed by atoms with Crippen LogP contribution in [0.15, 0.2) is 71.2 Å².